The maximum atomic E-state index is 11.8. The second-order valence-corrected chi connectivity index (χ2v) is 6.77. The van der Waals surface area contributed by atoms with E-state index < -0.39 is 0 Å². The van der Waals surface area contributed by atoms with Gasteiger partial charge in [0.25, 0.3) is 0 Å². The molecule has 4 heteroatoms. The van der Waals surface area contributed by atoms with Gasteiger partial charge in [0.05, 0.1) is 5.75 Å². The van der Waals surface area contributed by atoms with Gasteiger partial charge in [0.2, 0.25) is 5.91 Å². The van der Waals surface area contributed by atoms with Crippen LogP contribution in [-0.4, -0.2) is 36.0 Å². The zero-order chi connectivity index (χ0) is 13.4. The fourth-order valence-electron chi connectivity index (χ4n) is 2.30. The van der Waals surface area contributed by atoms with Crippen LogP contribution in [0.25, 0.3) is 0 Å². The van der Waals surface area contributed by atoms with Crippen molar-refractivity contribution in [1.29, 1.82) is 0 Å². The molecule has 0 aromatic rings. The second-order valence-electron chi connectivity index (χ2n) is 5.48. The minimum absolute atomic E-state index is 0.203. The molecule has 0 radical (unpaired) electrons. The van der Waals surface area contributed by atoms with Crippen molar-refractivity contribution in [3.63, 3.8) is 0 Å². The van der Waals surface area contributed by atoms with Gasteiger partial charge in [-0.25, -0.2) is 0 Å². The Kier molecular flexibility index (Phi) is 7.75. The smallest absolute Gasteiger partial charge is 0.230 e. The molecule has 0 spiro atoms. The van der Waals surface area contributed by atoms with Gasteiger partial charge in [-0.05, 0) is 45.2 Å². The van der Waals surface area contributed by atoms with E-state index >= 15 is 0 Å². The summed E-state index contributed by atoms with van der Waals surface area (Å²) in [6.45, 7) is 8.76. The van der Waals surface area contributed by atoms with E-state index in [9.17, 15) is 4.79 Å². The van der Waals surface area contributed by atoms with Crippen molar-refractivity contribution in [2.45, 2.75) is 57.7 Å². The molecule has 1 amide bonds. The van der Waals surface area contributed by atoms with Crippen molar-refractivity contribution in [3.8, 4) is 0 Å². The molecule has 0 aromatic heterocycles. The van der Waals surface area contributed by atoms with Crippen molar-refractivity contribution in [2.24, 2.45) is 5.92 Å². The number of hydrogen-bond acceptors (Lipinski definition) is 3. The lowest BCUT2D eigenvalue weighted by Crippen LogP contribution is -2.36. The Morgan fingerprint density at radius 1 is 1.39 bits per heavy atom. The molecule has 1 rings (SSSR count). The molecule has 2 N–H and O–H groups in total. The third-order valence-corrected chi connectivity index (χ3v) is 4.97. The van der Waals surface area contributed by atoms with Gasteiger partial charge in [-0.2, -0.15) is 0 Å². The van der Waals surface area contributed by atoms with Gasteiger partial charge in [0.15, 0.2) is 0 Å². The molecule has 106 valence electrons. The van der Waals surface area contributed by atoms with Gasteiger partial charge in [-0.15, -0.1) is 11.8 Å². The molecule has 1 saturated heterocycles. The predicted molar refractivity (Wildman–Crippen MR) is 80.0 cm³/mol. The number of amides is 1. The number of carbonyl (C=O) groups is 1. The standard InChI is InChI=1S/C14H28N2OS/c1-4-11(2)9-12(3)16-14(17)10-18-13-5-7-15-8-6-13/h11-13,15H,4-10H2,1-3H3,(H,16,17). The van der Waals surface area contributed by atoms with E-state index in [1.807, 2.05) is 11.8 Å². The summed E-state index contributed by atoms with van der Waals surface area (Å²) in [5.41, 5.74) is 0. The van der Waals surface area contributed by atoms with Crippen LogP contribution in [-0.2, 0) is 4.79 Å². The van der Waals surface area contributed by atoms with Crippen LogP contribution in [0.5, 0.6) is 0 Å². The van der Waals surface area contributed by atoms with Crippen molar-refractivity contribution >= 4 is 17.7 Å². The van der Waals surface area contributed by atoms with E-state index in [4.69, 9.17) is 0 Å². The molecule has 1 aliphatic rings. The molecule has 2 atom stereocenters. The molecule has 2 unspecified atom stereocenters. The quantitative estimate of drug-likeness (QED) is 0.748. The zero-order valence-corrected chi connectivity index (χ0v) is 12.8. The first-order chi connectivity index (χ1) is 8.61. The summed E-state index contributed by atoms with van der Waals surface area (Å²) in [5, 5.41) is 7.13. The van der Waals surface area contributed by atoms with E-state index in [1.165, 1.54) is 19.3 Å². The van der Waals surface area contributed by atoms with E-state index in [2.05, 4.69) is 31.4 Å². The lowest BCUT2D eigenvalue weighted by atomic mass is 10.0. The van der Waals surface area contributed by atoms with Crippen LogP contribution < -0.4 is 10.6 Å². The summed E-state index contributed by atoms with van der Waals surface area (Å²) in [4.78, 5) is 11.8. The molecule has 3 nitrogen and oxygen atoms in total. The third-order valence-electron chi connectivity index (χ3n) is 3.60. The highest BCUT2D eigenvalue weighted by Gasteiger charge is 2.16. The Labute approximate surface area is 116 Å². The monoisotopic (exact) mass is 272 g/mol. The minimum Gasteiger partial charge on any atom is -0.353 e. The van der Waals surface area contributed by atoms with Crippen molar-refractivity contribution < 1.29 is 4.79 Å². The fraction of sp³-hybridized carbons (Fsp3) is 0.929. The molecule has 1 heterocycles. The molecule has 0 aromatic carbocycles. The number of piperidine rings is 1. The molecule has 1 aliphatic heterocycles. The normalized spacial score (nSPS) is 20.4. The van der Waals surface area contributed by atoms with Crippen LogP contribution >= 0.6 is 11.8 Å². The highest BCUT2D eigenvalue weighted by atomic mass is 32.2. The number of thioether (sulfide) groups is 1. The number of carbonyl (C=O) groups excluding carboxylic acids is 1. The molecular formula is C14H28N2OS. The number of nitrogens with one attached hydrogen (secondary N) is 2. The SMILES string of the molecule is CCC(C)CC(C)NC(=O)CSC1CCNCC1. The zero-order valence-electron chi connectivity index (χ0n) is 12.0. The topological polar surface area (TPSA) is 41.1 Å². The maximum Gasteiger partial charge on any atom is 0.230 e. The van der Waals surface area contributed by atoms with E-state index in [-0.39, 0.29) is 5.91 Å². The predicted octanol–water partition coefficient (Wildman–Crippen LogP) is 2.41. The van der Waals surface area contributed by atoms with Crippen LogP contribution in [0.3, 0.4) is 0 Å². The number of rotatable bonds is 7. The van der Waals surface area contributed by atoms with Gasteiger partial charge in [0, 0.05) is 11.3 Å². The second kappa shape index (κ2) is 8.81. The van der Waals surface area contributed by atoms with E-state index in [0.717, 1.165) is 19.5 Å². The van der Waals surface area contributed by atoms with Gasteiger partial charge in [0.1, 0.15) is 0 Å². The summed E-state index contributed by atoms with van der Waals surface area (Å²) in [7, 11) is 0. The summed E-state index contributed by atoms with van der Waals surface area (Å²) in [5.74, 6) is 1.52. The average Bonchev–Trinajstić information content (AvgIpc) is 2.37. The van der Waals surface area contributed by atoms with Gasteiger partial charge < -0.3 is 10.6 Å². The van der Waals surface area contributed by atoms with Gasteiger partial charge in [-0.1, -0.05) is 20.3 Å². The molecule has 18 heavy (non-hydrogen) atoms. The summed E-state index contributed by atoms with van der Waals surface area (Å²) in [6, 6.07) is 0.307. The Hall–Kier alpha value is -0.220. The summed E-state index contributed by atoms with van der Waals surface area (Å²) >= 11 is 1.82. The lowest BCUT2D eigenvalue weighted by Gasteiger charge is -2.22. The van der Waals surface area contributed by atoms with E-state index in [0.29, 0.717) is 23.0 Å². The molecular weight excluding hydrogens is 244 g/mol. The third kappa shape index (κ3) is 6.64. The largest absolute Gasteiger partial charge is 0.353 e. The summed E-state index contributed by atoms with van der Waals surface area (Å²) in [6.07, 6.45) is 4.66. The molecule has 0 bridgehead atoms. The first-order valence-corrected chi connectivity index (χ1v) is 8.28. The Bertz CT molecular complexity index is 242. The first kappa shape index (κ1) is 15.8. The van der Waals surface area contributed by atoms with Gasteiger partial charge >= 0.3 is 0 Å². The van der Waals surface area contributed by atoms with Crippen LogP contribution in [0.4, 0.5) is 0 Å². The fourth-order valence-corrected chi connectivity index (χ4v) is 3.34. The highest BCUT2D eigenvalue weighted by molar-refractivity contribution is 8.00. The van der Waals surface area contributed by atoms with Crippen LogP contribution in [0.2, 0.25) is 0 Å². The van der Waals surface area contributed by atoms with Crippen LogP contribution in [0, 0.1) is 5.92 Å². The van der Waals surface area contributed by atoms with Gasteiger partial charge in [-0.3, -0.25) is 4.79 Å². The average molecular weight is 272 g/mol. The maximum absolute atomic E-state index is 11.8. The van der Waals surface area contributed by atoms with Crippen LogP contribution in [0.15, 0.2) is 0 Å². The highest BCUT2D eigenvalue weighted by Crippen LogP contribution is 2.19. The lowest BCUT2D eigenvalue weighted by molar-refractivity contribution is -0.119. The van der Waals surface area contributed by atoms with E-state index in [1.54, 1.807) is 0 Å². The minimum atomic E-state index is 0.203. The number of hydrogen-bond donors (Lipinski definition) is 2. The molecule has 0 aliphatic carbocycles. The summed E-state index contributed by atoms with van der Waals surface area (Å²) < 4.78 is 0. The van der Waals surface area contributed by atoms with Crippen molar-refractivity contribution in [2.75, 3.05) is 18.8 Å². The first-order valence-electron chi connectivity index (χ1n) is 7.23. The Morgan fingerprint density at radius 3 is 2.67 bits per heavy atom. The van der Waals surface area contributed by atoms with Crippen molar-refractivity contribution in [3.05, 3.63) is 0 Å². The Morgan fingerprint density at radius 2 is 2.06 bits per heavy atom. The molecule has 0 saturated carbocycles. The molecule has 1 fully saturated rings. The van der Waals surface area contributed by atoms with Crippen LogP contribution in [0.1, 0.15) is 46.5 Å². The van der Waals surface area contributed by atoms with Crippen molar-refractivity contribution in [1.82, 2.24) is 10.6 Å². The Balaban J connectivity index is 2.12.